The fourth-order valence-corrected chi connectivity index (χ4v) is 2.28. The van der Waals surface area contributed by atoms with Gasteiger partial charge in [-0.2, -0.15) is 0 Å². The van der Waals surface area contributed by atoms with E-state index in [0.29, 0.717) is 27.9 Å². The largest absolute Gasteiger partial charge is 0.495 e. The molecule has 0 aliphatic carbocycles. The maximum atomic E-state index is 12.3. The molecule has 0 atom stereocenters. The lowest BCUT2D eigenvalue weighted by molar-refractivity contribution is 0.262. The van der Waals surface area contributed by atoms with Gasteiger partial charge < -0.3 is 20.1 Å². The van der Waals surface area contributed by atoms with Crippen LogP contribution in [0.1, 0.15) is 11.1 Å². The molecule has 0 saturated heterocycles. The molecule has 5 nitrogen and oxygen atoms in total. The first-order valence-corrected chi connectivity index (χ1v) is 7.39. The number of methoxy groups -OCH3 is 2. The molecule has 0 radical (unpaired) electrons. The number of halogens is 1. The molecule has 2 N–H and O–H groups in total. The maximum Gasteiger partial charge on any atom is 0.323 e. The van der Waals surface area contributed by atoms with E-state index < -0.39 is 6.03 Å². The van der Waals surface area contributed by atoms with Crippen LogP contribution >= 0.6 is 11.6 Å². The second-order valence-corrected chi connectivity index (χ2v) is 5.49. The van der Waals surface area contributed by atoms with Crippen LogP contribution in [0.4, 0.5) is 16.2 Å². The Bertz CT molecular complexity index is 732. The summed E-state index contributed by atoms with van der Waals surface area (Å²) >= 11 is 6.06. The van der Waals surface area contributed by atoms with Gasteiger partial charge >= 0.3 is 6.03 Å². The number of ether oxygens (including phenoxy) is 2. The van der Waals surface area contributed by atoms with E-state index in [1.807, 2.05) is 26.0 Å². The highest BCUT2D eigenvalue weighted by molar-refractivity contribution is 6.31. The van der Waals surface area contributed by atoms with E-state index >= 15 is 0 Å². The van der Waals surface area contributed by atoms with Gasteiger partial charge in [0, 0.05) is 11.1 Å². The van der Waals surface area contributed by atoms with E-state index in [1.54, 1.807) is 25.3 Å². The van der Waals surface area contributed by atoms with E-state index in [1.165, 1.54) is 7.11 Å². The number of benzene rings is 2. The fraction of sp³-hybridized carbons (Fsp3) is 0.235. The fourth-order valence-electron chi connectivity index (χ4n) is 2.13. The van der Waals surface area contributed by atoms with Gasteiger partial charge in [0.25, 0.3) is 0 Å². The molecule has 2 amide bonds. The monoisotopic (exact) mass is 334 g/mol. The van der Waals surface area contributed by atoms with Crippen LogP contribution in [0.5, 0.6) is 11.5 Å². The van der Waals surface area contributed by atoms with E-state index in [2.05, 4.69) is 10.6 Å². The minimum absolute atomic E-state index is 0.395. The van der Waals surface area contributed by atoms with Gasteiger partial charge in [-0.25, -0.2) is 4.79 Å². The second kappa shape index (κ2) is 7.24. The molecule has 2 aromatic carbocycles. The third-order valence-electron chi connectivity index (χ3n) is 3.33. The molecule has 0 aromatic heterocycles. The number of rotatable bonds is 4. The number of anilines is 2. The van der Waals surface area contributed by atoms with Crippen molar-refractivity contribution in [1.29, 1.82) is 0 Å². The summed E-state index contributed by atoms with van der Waals surface area (Å²) in [5.41, 5.74) is 2.99. The summed E-state index contributed by atoms with van der Waals surface area (Å²) in [4.78, 5) is 12.3. The Balaban J connectivity index is 2.20. The third kappa shape index (κ3) is 4.07. The Labute approximate surface area is 140 Å². The van der Waals surface area contributed by atoms with Gasteiger partial charge in [0.1, 0.15) is 11.5 Å². The zero-order chi connectivity index (χ0) is 17.0. The van der Waals surface area contributed by atoms with Gasteiger partial charge in [0.15, 0.2) is 0 Å². The first-order chi connectivity index (χ1) is 10.9. The van der Waals surface area contributed by atoms with Gasteiger partial charge in [-0.15, -0.1) is 0 Å². The van der Waals surface area contributed by atoms with Crippen molar-refractivity contribution in [3.8, 4) is 11.5 Å². The van der Waals surface area contributed by atoms with E-state index in [9.17, 15) is 4.79 Å². The Morgan fingerprint density at radius 1 is 0.957 bits per heavy atom. The Morgan fingerprint density at radius 3 is 2.17 bits per heavy atom. The molecule has 0 aliphatic rings. The average Bonchev–Trinajstić information content (AvgIpc) is 2.50. The smallest absolute Gasteiger partial charge is 0.323 e. The van der Waals surface area contributed by atoms with Gasteiger partial charge in [-0.3, -0.25) is 0 Å². The van der Waals surface area contributed by atoms with Gasteiger partial charge in [0.2, 0.25) is 0 Å². The van der Waals surface area contributed by atoms with Crippen molar-refractivity contribution in [2.45, 2.75) is 13.8 Å². The molecule has 0 spiro atoms. The number of hydrogen-bond acceptors (Lipinski definition) is 3. The predicted octanol–water partition coefficient (Wildman–Crippen LogP) is 4.62. The SMILES string of the molecule is COc1ccc(C)cc1NC(=O)Nc1cc(C)c(Cl)cc1OC. The quantitative estimate of drug-likeness (QED) is 0.857. The lowest BCUT2D eigenvalue weighted by Crippen LogP contribution is -2.20. The van der Waals surface area contributed by atoms with E-state index in [-0.39, 0.29) is 0 Å². The minimum Gasteiger partial charge on any atom is -0.495 e. The van der Waals surface area contributed by atoms with Crippen molar-refractivity contribution in [2.24, 2.45) is 0 Å². The van der Waals surface area contributed by atoms with Crippen LogP contribution in [-0.4, -0.2) is 20.3 Å². The standard InChI is InChI=1S/C17H19ClN2O3/c1-10-5-6-15(22-3)13(7-10)19-17(21)20-14-8-11(2)12(18)9-16(14)23-4/h5-9H,1-4H3,(H2,19,20,21). The van der Waals surface area contributed by atoms with Crippen LogP contribution < -0.4 is 20.1 Å². The van der Waals surface area contributed by atoms with E-state index in [0.717, 1.165) is 11.1 Å². The molecule has 0 unspecified atom stereocenters. The zero-order valence-electron chi connectivity index (χ0n) is 13.5. The van der Waals surface area contributed by atoms with Crippen LogP contribution in [0.3, 0.4) is 0 Å². The van der Waals surface area contributed by atoms with Crippen LogP contribution in [0, 0.1) is 13.8 Å². The van der Waals surface area contributed by atoms with E-state index in [4.69, 9.17) is 21.1 Å². The molecule has 0 bridgehead atoms. The highest BCUT2D eigenvalue weighted by atomic mass is 35.5. The minimum atomic E-state index is -0.395. The number of hydrogen-bond donors (Lipinski definition) is 2. The molecule has 0 aliphatic heterocycles. The van der Waals surface area contributed by atoms with Crippen molar-refractivity contribution in [3.05, 3.63) is 46.5 Å². The van der Waals surface area contributed by atoms with Crippen molar-refractivity contribution < 1.29 is 14.3 Å². The number of aryl methyl sites for hydroxylation is 2. The predicted molar refractivity (Wildman–Crippen MR) is 93.1 cm³/mol. The van der Waals surface area contributed by atoms with Crippen LogP contribution in [0.15, 0.2) is 30.3 Å². The molecule has 0 fully saturated rings. The summed E-state index contributed by atoms with van der Waals surface area (Å²) in [5.74, 6) is 1.08. The summed E-state index contributed by atoms with van der Waals surface area (Å²) in [6.07, 6.45) is 0. The maximum absolute atomic E-state index is 12.3. The molecule has 2 rings (SSSR count). The van der Waals surface area contributed by atoms with Gasteiger partial charge in [0.05, 0.1) is 25.6 Å². The topological polar surface area (TPSA) is 59.6 Å². The number of nitrogens with one attached hydrogen (secondary N) is 2. The summed E-state index contributed by atoms with van der Waals surface area (Å²) < 4.78 is 10.5. The lowest BCUT2D eigenvalue weighted by Gasteiger charge is -2.14. The number of amides is 2. The van der Waals surface area contributed by atoms with Gasteiger partial charge in [-0.05, 0) is 43.2 Å². The van der Waals surface area contributed by atoms with Crippen LogP contribution in [0.2, 0.25) is 5.02 Å². The van der Waals surface area contributed by atoms with Crippen molar-refractivity contribution in [2.75, 3.05) is 24.9 Å². The lowest BCUT2D eigenvalue weighted by atomic mass is 10.2. The number of carbonyl (C=O) groups excluding carboxylic acids is 1. The average molecular weight is 335 g/mol. The summed E-state index contributed by atoms with van der Waals surface area (Å²) in [7, 11) is 3.08. The molecule has 0 saturated carbocycles. The molecule has 2 aromatic rings. The summed E-state index contributed by atoms with van der Waals surface area (Å²) in [6.45, 7) is 3.79. The second-order valence-electron chi connectivity index (χ2n) is 5.08. The molecule has 0 heterocycles. The first kappa shape index (κ1) is 17.0. The highest BCUT2D eigenvalue weighted by Crippen LogP contribution is 2.31. The Kier molecular flexibility index (Phi) is 5.34. The summed E-state index contributed by atoms with van der Waals surface area (Å²) in [6, 6.07) is 8.58. The third-order valence-corrected chi connectivity index (χ3v) is 3.74. The number of carbonyl (C=O) groups is 1. The first-order valence-electron chi connectivity index (χ1n) is 7.01. The number of urea groups is 1. The van der Waals surface area contributed by atoms with Crippen LogP contribution in [-0.2, 0) is 0 Å². The zero-order valence-corrected chi connectivity index (χ0v) is 14.2. The molecule has 23 heavy (non-hydrogen) atoms. The molecular formula is C17H19ClN2O3. The Morgan fingerprint density at radius 2 is 1.57 bits per heavy atom. The van der Waals surface area contributed by atoms with Crippen molar-refractivity contribution in [3.63, 3.8) is 0 Å². The van der Waals surface area contributed by atoms with Gasteiger partial charge in [-0.1, -0.05) is 17.7 Å². The van der Waals surface area contributed by atoms with Crippen molar-refractivity contribution >= 4 is 29.0 Å². The van der Waals surface area contributed by atoms with Crippen molar-refractivity contribution in [1.82, 2.24) is 0 Å². The normalized spacial score (nSPS) is 10.1. The molecule has 122 valence electrons. The summed E-state index contributed by atoms with van der Waals surface area (Å²) in [5, 5.41) is 6.11. The highest BCUT2D eigenvalue weighted by Gasteiger charge is 2.12. The molecular weight excluding hydrogens is 316 g/mol. The van der Waals surface area contributed by atoms with Crippen LogP contribution in [0.25, 0.3) is 0 Å². The molecule has 6 heteroatoms. The Hall–Kier alpha value is -2.40.